The molecule has 0 rings (SSSR count). The molecule has 10 heavy (non-hydrogen) atoms. The average Bonchev–Trinajstić information content (AvgIpc) is 1.80. The Morgan fingerprint density at radius 2 is 2.20 bits per heavy atom. The minimum Gasteiger partial charge on any atom is -0.330 e. The molecule has 0 spiro atoms. The SMILES string of the molecule is CC(=CCCN)C(F)(F)Br. The zero-order valence-electron chi connectivity index (χ0n) is 5.70. The smallest absolute Gasteiger partial charge is 0.322 e. The summed E-state index contributed by atoms with van der Waals surface area (Å²) < 4.78 is 24.5. The van der Waals surface area contributed by atoms with E-state index in [2.05, 4.69) is 15.9 Å². The Kier molecular flexibility index (Phi) is 4.05. The lowest BCUT2D eigenvalue weighted by atomic mass is 10.2. The van der Waals surface area contributed by atoms with Gasteiger partial charge in [-0.05, 0) is 35.8 Å². The van der Waals surface area contributed by atoms with Crippen LogP contribution in [-0.4, -0.2) is 11.4 Å². The molecule has 0 fully saturated rings. The van der Waals surface area contributed by atoms with Gasteiger partial charge >= 0.3 is 4.83 Å². The van der Waals surface area contributed by atoms with E-state index < -0.39 is 4.83 Å². The maximum Gasteiger partial charge on any atom is 0.322 e. The van der Waals surface area contributed by atoms with Gasteiger partial charge in [0.2, 0.25) is 0 Å². The minimum atomic E-state index is -2.87. The maximum atomic E-state index is 12.2. The lowest BCUT2D eigenvalue weighted by Gasteiger charge is -2.07. The van der Waals surface area contributed by atoms with Gasteiger partial charge in [0.1, 0.15) is 0 Å². The second-order valence-electron chi connectivity index (χ2n) is 1.96. The Balaban J connectivity index is 3.93. The molecule has 60 valence electrons. The molecule has 0 heterocycles. The molecule has 4 heteroatoms. The minimum absolute atomic E-state index is 0.0120. The topological polar surface area (TPSA) is 26.0 Å². The van der Waals surface area contributed by atoms with Crippen LogP contribution >= 0.6 is 15.9 Å². The highest BCUT2D eigenvalue weighted by Crippen LogP contribution is 2.30. The molecule has 0 saturated carbocycles. The Hall–Kier alpha value is 0.0400. The van der Waals surface area contributed by atoms with Gasteiger partial charge in [0.05, 0.1) is 0 Å². The van der Waals surface area contributed by atoms with Crippen molar-refractivity contribution in [2.24, 2.45) is 5.73 Å². The van der Waals surface area contributed by atoms with E-state index in [1.54, 1.807) is 0 Å². The number of halogens is 3. The van der Waals surface area contributed by atoms with Gasteiger partial charge in [-0.15, -0.1) is 0 Å². The third-order valence-electron chi connectivity index (χ3n) is 1.06. The summed E-state index contributed by atoms with van der Waals surface area (Å²) in [7, 11) is 0. The summed E-state index contributed by atoms with van der Waals surface area (Å²) >= 11 is 2.23. The van der Waals surface area contributed by atoms with Crippen molar-refractivity contribution in [3.8, 4) is 0 Å². The van der Waals surface area contributed by atoms with E-state index in [0.29, 0.717) is 13.0 Å². The molecule has 0 amide bonds. The fourth-order valence-corrected chi connectivity index (χ4v) is 0.577. The van der Waals surface area contributed by atoms with E-state index in [9.17, 15) is 8.78 Å². The summed E-state index contributed by atoms with van der Waals surface area (Å²) in [5, 5.41) is 0. The van der Waals surface area contributed by atoms with Gasteiger partial charge < -0.3 is 5.73 Å². The molecule has 0 aromatic heterocycles. The van der Waals surface area contributed by atoms with Crippen LogP contribution in [0.4, 0.5) is 8.78 Å². The van der Waals surface area contributed by atoms with Crippen molar-refractivity contribution in [2.75, 3.05) is 6.54 Å². The summed E-state index contributed by atoms with van der Waals surface area (Å²) in [5.41, 5.74) is 5.13. The number of rotatable bonds is 3. The monoisotopic (exact) mass is 213 g/mol. The molecule has 0 radical (unpaired) electrons. The molecular weight excluding hydrogens is 204 g/mol. The largest absolute Gasteiger partial charge is 0.330 e. The normalized spacial score (nSPS) is 13.9. The molecule has 0 aromatic carbocycles. The van der Waals surface area contributed by atoms with Crippen molar-refractivity contribution >= 4 is 15.9 Å². The van der Waals surface area contributed by atoms with E-state index in [-0.39, 0.29) is 5.57 Å². The first-order valence-electron chi connectivity index (χ1n) is 2.92. The van der Waals surface area contributed by atoms with E-state index in [1.165, 1.54) is 13.0 Å². The lowest BCUT2D eigenvalue weighted by molar-refractivity contribution is 0.156. The second-order valence-corrected chi connectivity index (χ2v) is 2.96. The van der Waals surface area contributed by atoms with Gasteiger partial charge in [-0.3, -0.25) is 0 Å². The van der Waals surface area contributed by atoms with Crippen LogP contribution in [-0.2, 0) is 0 Å². The average molecular weight is 214 g/mol. The van der Waals surface area contributed by atoms with Crippen LogP contribution in [0.25, 0.3) is 0 Å². The highest BCUT2D eigenvalue weighted by atomic mass is 79.9. The summed E-state index contributed by atoms with van der Waals surface area (Å²) in [4.78, 5) is -2.87. The zero-order chi connectivity index (χ0) is 8.20. The first kappa shape index (κ1) is 10.0. The first-order valence-corrected chi connectivity index (χ1v) is 3.72. The van der Waals surface area contributed by atoms with E-state index >= 15 is 0 Å². The molecule has 0 unspecified atom stereocenters. The van der Waals surface area contributed by atoms with Gasteiger partial charge in [-0.1, -0.05) is 6.08 Å². The standard InChI is InChI=1S/C6H10BrF2N/c1-5(3-2-4-10)6(7,8)9/h3H,2,4,10H2,1H3. The van der Waals surface area contributed by atoms with E-state index in [0.717, 1.165) is 0 Å². The van der Waals surface area contributed by atoms with Gasteiger partial charge in [0.15, 0.2) is 0 Å². The van der Waals surface area contributed by atoms with Crippen molar-refractivity contribution in [3.05, 3.63) is 11.6 Å². The summed E-state index contributed by atoms with van der Waals surface area (Å²) in [6.45, 7) is 1.77. The van der Waals surface area contributed by atoms with Crippen LogP contribution < -0.4 is 5.73 Å². The predicted molar refractivity (Wildman–Crippen MR) is 41.3 cm³/mol. The predicted octanol–water partition coefficient (Wildman–Crippen LogP) is 2.27. The Morgan fingerprint density at radius 3 is 2.50 bits per heavy atom. The van der Waals surface area contributed by atoms with Gasteiger partial charge in [-0.2, -0.15) is 8.78 Å². The third kappa shape index (κ3) is 3.95. The zero-order valence-corrected chi connectivity index (χ0v) is 7.29. The van der Waals surface area contributed by atoms with Crippen LogP contribution in [0, 0.1) is 0 Å². The van der Waals surface area contributed by atoms with Gasteiger partial charge in [-0.25, -0.2) is 0 Å². The maximum absolute atomic E-state index is 12.2. The summed E-state index contributed by atoms with van der Waals surface area (Å²) in [6.07, 6.45) is 1.92. The molecule has 0 aliphatic carbocycles. The van der Waals surface area contributed by atoms with Crippen molar-refractivity contribution in [3.63, 3.8) is 0 Å². The fraction of sp³-hybridized carbons (Fsp3) is 0.667. The van der Waals surface area contributed by atoms with E-state index in [4.69, 9.17) is 5.73 Å². The van der Waals surface area contributed by atoms with Crippen molar-refractivity contribution < 1.29 is 8.78 Å². The molecule has 0 aromatic rings. The molecule has 0 bridgehead atoms. The first-order chi connectivity index (χ1) is 4.48. The molecule has 0 saturated heterocycles. The summed E-state index contributed by atoms with van der Waals surface area (Å²) in [6, 6.07) is 0. The van der Waals surface area contributed by atoms with Crippen LogP contribution in [0.3, 0.4) is 0 Å². The molecule has 0 aliphatic heterocycles. The van der Waals surface area contributed by atoms with Crippen molar-refractivity contribution in [1.82, 2.24) is 0 Å². The van der Waals surface area contributed by atoms with Crippen LogP contribution in [0.2, 0.25) is 0 Å². The lowest BCUT2D eigenvalue weighted by Crippen LogP contribution is -2.07. The number of allylic oxidation sites excluding steroid dienone is 1. The number of hydrogen-bond donors (Lipinski definition) is 1. The number of hydrogen-bond acceptors (Lipinski definition) is 1. The Bertz CT molecular complexity index is 128. The Morgan fingerprint density at radius 1 is 1.70 bits per heavy atom. The van der Waals surface area contributed by atoms with Crippen molar-refractivity contribution in [1.29, 1.82) is 0 Å². The second kappa shape index (κ2) is 4.03. The van der Waals surface area contributed by atoms with E-state index in [1.807, 2.05) is 0 Å². The molecular formula is C6H10BrF2N. The highest BCUT2D eigenvalue weighted by molar-refractivity contribution is 9.10. The van der Waals surface area contributed by atoms with Crippen molar-refractivity contribution in [2.45, 2.75) is 18.2 Å². The van der Waals surface area contributed by atoms with Crippen LogP contribution in [0.1, 0.15) is 13.3 Å². The molecule has 1 nitrogen and oxygen atoms in total. The fourth-order valence-electron chi connectivity index (χ4n) is 0.416. The number of alkyl halides is 3. The molecule has 0 aliphatic rings. The highest BCUT2D eigenvalue weighted by Gasteiger charge is 2.25. The van der Waals surface area contributed by atoms with Gasteiger partial charge in [0, 0.05) is 5.57 Å². The van der Waals surface area contributed by atoms with Crippen LogP contribution in [0.5, 0.6) is 0 Å². The number of nitrogens with two attached hydrogens (primary N) is 1. The molecule has 2 N–H and O–H groups in total. The molecule has 0 atom stereocenters. The third-order valence-corrected chi connectivity index (χ3v) is 1.69. The Labute approximate surface area is 67.4 Å². The van der Waals surface area contributed by atoms with Crippen LogP contribution in [0.15, 0.2) is 11.6 Å². The van der Waals surface area contributed by atoms with Gasteiger partial charge in [0.25, 0.3) is 0 Å². The quantitative estimate of drug-likeness (QED) is 0.565. The summed E-state index contributed by atoms with van der Waals surface area (Å²) in [5.74, 6) is 0.